The van der Waals surface area contributed by atoms with E-state index in [9.17, 15) is 14.4 Å². The second kappa shape index (κ2) is 10.0. The molecule has 188 valence electrons. The predicted octanol–water partition coefficient (Wildman–Crippen LogP) is 1.63. The van der Waals surface area contributed by atoms with Gasteiger partial charge in [-0.15, -0.1) is 0 Å². The van der Waals surface area contributed by atoms with Crippen LogP contribution < -0.4 is 11.1 Å². The largest absolute Gasteiger partial charge is 0.462 e. The Labute approximate surface area is 206 Å². The van der Waals surface area contributed by atoms with Crippen LogP contribution in [0.15, 0.2) is 40.2 Å². The standard InChI is InChI=1S/C25H28N6O5/c1-3-36-25(34)21-16(2)27-28-22(21)31-10-6-20-18(24(31)33)15-17-19(26-20)5-9-30(23(17)32)8-4-7-29-11-13-35-14-12-29/h5-6,9-10,15H,3-4,7-8,11-14H2,1-2H3,(H,27,28). The highest BCUT2D eigenvalue weighted by Gasteiger charge is 2.22. The Morgan fingerprint density at radius 1 is 1.08 bits per heavy atom. The van der Waals surface area contributed by atoms with Gasteiger partial charge in [-0.3, -0.25) is 24.2 Å². The average molecular weight is 493 g/mol. The summed E-state index contributed by atoms with van der Waals surface area (Å²) in [6.45, 7) is 8.34. The van der Waals surface area contributed by atoms with Crippen LogP contribution in [0.25, 0.3) is 27.6 Å². The van der Waals surface area contributed by atoms with Crippen molar-refractivity contribution in [3.05, 3.63) is 62.6 Å². The summed E-state index contributed by atoms with van der Waals surface area (Å²) in [6.07, 6.45) is 4.10. The SMILES string of the molecule is CCOC(=O)c1c(-n2ccc3nc4ccn(CCCN5CCOCC5)c(=O)c4cc3c2=O)n[nH]c1C. The average Bonchev–Trinajstić information content (AvgIpc) is 3.27. The van der Waals surface area contributed by atoms with E-state index in [-0.39, 0.29) is 28.9 Å². The van der Waals surface area contributed by atoms with Crippen LogP contribution in [0.4, 0.5) is 0 Å². The smallest absolute Gasteiger partial charge is 0.343 e. The summed E-state index contributed by atoms with van der Waals surface area (Å²) in [5, 5.41) is 7.55. The molecule has 0 saturated carbocycles. The highest BCUT2D eigenvalue weighted by molar-refractivity contribution is 5.95. The van der Waals surface area contributed by atoms with Crippen LogP contribution in [0.3, 0.4) is 0 Å². The number of morpholine rings is 1. The molecular formula is C25H28N6O5. The Kier molecular flexibility index (Phi) is 6.66. The lowest BCUT2D eigenvalue weighted by molar-refractivity contribution is 0.0369. The first-order valence-corrected chi connectivity index (χ1v) is 12.1. The van der Waals surface area contributed by atoms with Gasteiger partial charge in [-0.05, 0) is 38.5 Å². The minimum absolute atomic E-state index is 0.145. The number of nitrogens with one attached hydrogen (secondary N) is 1. The van der Waals surface area contributed by atoms with Crippen molar-refractivity contribution in [3.8, 4) is 5.82 Å². The fraction of sp³-hybridized carbons (Fsp3) is 0.400. The number of aromatic amines is 1. The van der Waals surface area contributed by atoms with Gasteiger partial charge in [0.25, 0.3) is 11.1 Å². The molecule has 1 saturated heterocycles. The zero-order valence-electron chi connectivity index (χ0n) is 20.3. The van der Waals surface area contributed by atoms with Crippen molar-refractivity contribution in [3.63, 3.8) is 0 Å². The number of hydrogen-bond acceptors (Lipinski definition) is 8. The van der Waals surface area contributed by atoms with E-state index >= 15 is 0 Å². The Morgan fingerprint density at radius 2 is 1.81 bits per heavy atom. The van der Waals surface area contributed by atoms with E-state index in [4.69, 9.17) is 9.47 Å². The number of fused-ring (bicyclic) bond motifs is 2. The van der Waals surface area contributed by atoms with Crippen molar-refractivity contribution < 1.29 is 14.3 Å². The molecule has 0 bridgehead atoms. The maximum absolute atomic E-state index is 13.5. The lowest BCUT2D eigenvalue weighted by Gasteiger charge is -2.26. The fourth-order valence-corrected chi connectivity index (χ4v) is 4.54. The third kappa shape index (κ3) is 4.42. The number of carbonyl (C=O) groups is 1. The number of ether oxygens (including phenoxy) is 2. The van der Waals surface area contributed by atoms with E-state index in [1.807, 2.05) is 0 Å². The summed E-state index contributed by atoms with van der Waals surface area (Å²) in [4.78, 5) is 46.0. The molecule has 4 aromatic heterocycles. The number of aryl methyl sites for hydroxylation is 2. The quantitative estimate of drug-likeness (QED) is 0.305. The van der Waals surface area contributed by atoms with E-state index in [2.05, 4.69) is 20.1 Å². The summed E-state index contributed by atoms with van der Waals surface area (Å²) in [6, 6.07) is 5.05. The van der Waals surface area contributed by atoms with Crippen LogP contribution in [-0.4, -0.2) is 74.6 Å². The molecule has 1 aliphatic rings. The number of pyridine rings is 3. The number of H-pyrrole nitrogens is 1. The second-order valence-corrected chi connectivity index (χ2v) is 8.73. The normalized spacial score (nSPS) is 14.5. The number of aromatic nitrogens is 5. The molecule has 0 amide bonds. The maximum Gasteiger partial charge on any atom is 0.343 e. The summed E-state index contributed by atoms with van der Waals surface area (Å²) in [5.41, 5.74) is 1.04. The monoisotopic (exact) mass is 492 g/mol. The van der Waals surface area contributed by atoms with Gasteiger partial charge in [-0.2, -0.15) is 5.10 Å². The van der Waals surface area contributed by atoms with Crippen LogP contribution in [0.1, 0.15) is 29.4 Å². The van der Waals surface area contributed by atoms with Crippen LogP contribution >= 0.6 is 0 Å². The van der Waals surface area contributed by atoms with Crippen molar-refractivity contribution in [1.29, 1.82) is 0 Å². The van der Waals surface area contributed by atoms with Crippen LogP contribution in [-0.2, 0) is 16.0 Å². The molecule has 0 unspecified atom stereocenters. The molecule has 1 fully saturated rings. The molecule has 11 heteroatoms. The molecule has 5 rings (SSSR count). The Hall–Kier alpha value is -3.83. The van der Waals surface area contributed by atoms with Gasteiger partial charge in [0.1, 0.15) is 5.56 Å². The summed E-state index contributed by atoms with van der Waals surface area (Å²) >= 11 is 0. The van der Waals surface area contributed by atoms with Crippen molar-refractivity contribution in [2.24, 2.45) is 0 Å². The van der Waals surface area contributed by atoms with E-state index < -0.39 is 11.5 Å². The topological polar surface area (TPSA) is 124 Å². The van der Waals surface area contributed by atoms with Gasteiger partial charge < -0.3 is 14.0 Å². The number of hydrogen-bond donors (Lipinski definition) is 1. The van der Waals surface area contributed by atoms with Gasteiger partial charge >= 0.3 is 5.97 Å². The lowest BCUT2D eigenvalue weighted by Crippen LogP contribution is -2.37. The minimum atomic E-state index is -0.567. The lowest BCUT2D eigenvalue weighted by atomic mass is 10.1. The number of esters is 1. The molecule has 0 spiro atoms. The molecular weight excluding hydrogens is 464 g/mol. The van der Waals surface area contributed by atoms with Gasteiger partial charge in [-0.25, -0.2) is 9.78 Å². The molecule has 0 atom stereocenters. The number of nitrogens with zero attached hydrogens (tertiary/aromatic N) is 5. The first-order valence-electron chi connectivity index (χ1n) is 12.1. The molecule has 11 nitrogen and oxygen atoms in total. The Bertz CT molecular complexity index is 1550. The fourth-order valence-electron chi connectivity index (χ4n) is 4.54. The maximum atomic E-state index is 13.5. The van der Waals surface area contributed by atoms with Gasteiger partial charge in [0.2, 0.25) is 0 Å². The first-order chi connectivity index (χ1) is 17.5. The van der Waals surface area contributed by atoms with E-state index in [1.54, 1.807) is 42.8 Å². The van der Waals surface area contributed by atoms with Gasteiger partial charge in [0.15, 0.2) is 5.82 Å². The Morgan fingerprint density at radius 3 is 2.56 bits per heavy atom. The van der Waals surface area contributed by atoms with Crippen molar-refractivity contribution in [1.82, 2.24) is 29.2 Å². The zero-order chi connectivity index (χ0) is 25.2. The molecule has 1 aliphatic heterocycles. The van der Waals surface area contributed by atoms with Crippen molar-refractivity contribution in [2.75, 3.05) is 39.5 Å². The molecule has 0 radical (unpaired) electrons. The highest BCUT2D eigenvalue weighted by Crippen LogP contribution is 2.19. The van der Waals surface area contributed by atoms with E-state index in [0.29, 0.717) is 28.7 Å². The van der Waals surface area contributed by atoms with Crippen LogP contribution in [0.5, 0.6) is 0 Å². The molecule has 5 heterocycles. The van der Waals surface area contributed by atoms with Crippen molar-refractivity contribution in [2.45, 2.75) is 26.8 Å². The van der Waals surface area contributed by atoms with Gasteiger partial charge in [-0.1, -0.05) is 0 Å². The highest BCUT2D eigenvalue weighted by atomic mass is 16.5. The van der Waals surface area contributed by atoms with E-state index in [0.717, 1.165) is 39.3 Å². The summed E-state index contributed by atoms with van der Waals surface area (Å²) in [5.74, 6) is -0.422. The van der Waals surface area contributed by atoms with Crippen LogP contribution in [0, 0.1) is 6.92 Å². The minimum Gasteiger partial charge on any atom is -0.462 e. The number of rotatable bonds is 7. The van der Waals surface area contributed by atoms with Crippen LogP contribution in [0.2, 0.25) is 0 Å². The summed E-state index contributed by atoms with van der Waals surface area (Å²) < 4.78 is 13.5. The molecule has 0 aliphatic carbocycles. The van der Waals surface area contributed by atoms with Gasteiger partial charge in [0, 0.05) is 44.3 Å². The zero-order valence-corrected chi connectivity index (χ0v) is 20.3. The second-order valence-electron chi connectivity index (χ2n) is 8.73. The molecule has 4 aromatic rings. The van der Waals surface area contributed by atoms with Gasteiger partial charge in [0.05, 0.1) is 41.6 Å². The molecule has 0 aromatic carbocycles. The van der Waals surface area contributed by atoms with Crippen molar-refractivity contribution >= 4 is 27.8 Å². The third-order valence-corrected chi connectivity index (χ3v) is 6.43. The predicted molar refractivity (Wildman–Crippen MR) is 134 cm³/mol. The Balaban J connectivity index is 1.51. The summed E-state index contributed by atoms with van der Waals surface area (Å²) in [7, 11) is 0. The molecule has 36 heavy (non-hydrogen) atoms. The molecule has 1 N–H and O–H groups in total. The third-order valence-electron chi connectivity index (χ3n) is 6.43. The first kappa shape index (κ1) is 23.9. The van der Waals surface area contributed by atoms with E-state index in [1.165, 1.54) is 10.8 Å². The number of carbonyl (C=O) groups excluding carboxylic acids is 1.